The van der Waals surface area contributed by atoms with Crippen LogP contribution in [0.4, 0.5) is 5.69 Å². The van der Waals surface area contributed by atoms with Crippen molar-refractivity contribution in [3.05, 3.63) is 52.2 Å². The zero-order valence-corrected chi connectivity index (χ0v) is 12.8. The molecule has 0 saturated heterocycles. The van der Waals surface area contributed by atoms with Gasteiger partial charge in [0.15, 0.2) is 0 Å². The first kappa shape index (κ1) is 15.0. The highest BCUT2D eigenvalue weighted by molar-refractivity contribution is 7.07. The van der Waals surface area contributed by atoms with Crippen LogP contribution in [0.25, 0.3) is 0 Å². The van der Waals surface area contributed by atoms with Crippen LogP contribution in [0.2, 0.25) is 0 Å². The van der Waals surface area contributed by atoms with Gasteiger partial charge in [0, 0.05) is 18.8 Å². The molecule has 20 heavy (non-hydrogen) atoms. The summed E-state index contributed by atoms with van der Waals surface area (Å²) in [7, 11) is 1.68. The smallest absolute Gasteiger partial charge is 0.0718 e. The second-order valence-electron chi connectivity index (χ2n) is 4.67. The molecule has 1 aromatic heterocycles. The fourth-order valence-corrected chi connectivity index (χ4v) is 2.69. The third kappa shape index (κ3) is 4.63. The number of thiophene rings is 1. The van der Waals surface area contributed by atoms with Crippen LogP contribution in [0.1, 0.15) is 24.1 Å². The van der Waals surface area contributed by atoms with Crippen LogP contribution in [0.5, 0.6) is 0 Å². The van der Waals surface area contributed by atoms with E-state index in [1.165, 1.54) is 11.1 Å². The Bertz CT molecular complexity index is 499. The number of hydrogen-bond acceptors (Lipinski definition) is 4. The van der Waals surface area contributed by atoms with E-state index >= 15 is 0 Å². The van der Waals surface area contributed by atoms with Crippen molar-refractivity contribution in [3.63, 3.8) is 0 Å². The second-order valence-corrected chi connectivity index (χ2v) is 5.45. The van der Waals surface area contributed by atoms with Gasteiger partial charge >= 0.3 is 0 Å². The number of hydrogen-bond donors (Lipinski definition) is 1. The van der Waals surface area contributed by atoms with Crippen LogP contribution in [-0.2, 0) is 16.1 Å². The van der Waals surface area contributed by atoms with Crippen molar-refractivity contribution in [2.24, 2.45) is 0 Å². The predicted octanol–water partition coefficient (Wildman–Crippen LogP) is 4.08. The molecule has 0 bridgehead atoms. The summed E-state index contributed by atoms with van der Waals surface area (Å²) in [6, 6.07) is 10.8. The summed E-state index contributed by atoms with van der Waals surface area (Å²) in [5.74, 6) is 0. The number of benzene rings is 1. The van der Waals surface area contributed by atoms with Gasteiger partial charge in [-0.2, -0.15) is 11.3 Å². The molecular formula is C16H21NO2S. The minimum atomic E-state index is 0.311. The van der Waals surface area contributed by atoms with Crippen LogP contribution in [0.15, 0.2) is 41.1 Å². The van der Waals surface area contributed by atoms with E-state index in [1.807, 2.05) is 0 Å². The standard InChI is InChI=1S/C16H21NO2S/c1-13(15-6-9-20-12-15)17-16-5-3-4-14(10-16)11-19-8-7-18-2/h3-6,9-10,12-13,17H,7-8,11H2,1-2H3. The highest BCUT2D eigenvalue weighted by Gasteiger charge is 2.05. The zero-order chi connectivity index (χ0) is 14.2. The van der Waals surface area contributed by atoms with E-state index in [0.29, 0.717) is 25.9 Å². The molecule has 2 rings (SSSR count). The topological polar surface area (TPSA) is 30.5 Å². The van der Waals surface area contributed by atoms with Gasteiger partial charge in [0.2, 0.25) is 0 Å². The van der Waals surface area contributed by atoms with E-state index < -0.39 is 0 Å². The molecule has 0 aliphatic carbocycles. The Labute approximate surface area is 124 Å². The Morgan fingerprint density at radius 2 is 2.15 bits per heavy atom. The first-order valence-corrected chi connectivity index (χ1v) is 7.68. The summed E-state index contributed by atoms with van der Waals surface area (Å²) in [5.41, 5.74) is 3.61. The molecule has 1 aromatic carbocycles. The minimum Gasteiger partial charge on any atom is -0.382 e. The van der Waals surface area contributed by atoms with E-state index in [2.05, 4.69) is 53.3 Å². The summed E-state index contributed by atoms with van der Waals surface area (Å²) in [6.45, 7) is 4.04. The van der Waals surface area contributed by atoms with E-state index in [0.717, 1.165) is 5.69 Å². The van der Waals surface area contributed by atoms with Gasteiger partial charge < -0.3 is 14.8 Å². The molecule has 1 unspecified atom stereocenters. The number of anilines is 1. The Morgan fingerprint density at radius 1 is 1.25 bits per heavy atom. The lowest BCUT2D eigenvalue weighted by molar-refractivity contribution is 0.0617. The van der Waals surface area contributed by atoms with Crippen molar-refractivity contribution in [3.8, 4) is 0 Å². The number of methoxy groups -OCH3 is 1. The highest BCUT2D eigenvalue weighted by Crippen LogP contribution is 2.22. The average Bonchev–Trinajstić information content (AvgIpc) is 2.98. The molecule has 3 nitrogen and oxygen atoms in total. The lowest BCUT2D eigenvalue weighted by atomic mass is 10.1. The van der Waals surface area contributed by atoms with Gasteiger partial charge in [0.05, 0.1) is 19.8 Å². The molecule has 0 amide bonds. The van der Waals surface area contributed by atoms with Crippen molar-refractivity contribution in [1.82, 2.24) is 0 Å². The first-order chi connectivity index (χ1) is 9.79. The largest absolute Gasteiger partial charge is 0.382 e. The summed E-state index contributed by atoms with van der Waals surface area (Å²) in [5, 5.41) is 7.79. The first-order valence-electron chi connectivity index (χ1n) is 6.74. The molecule has 1 atom stereocenters. The summed E-state index contributed by atoms with van der Waals surface area (Å²) in [4.78, 5) is 0. The molecule has 1 heterocycles. The molecule has 0 radical (unpaired) electrons. The number of nitrogens with one attached hydrogen (secondary N) is 1. The zero-order valence-electron chi connectivity index (χ0n) is 12.0. The van der Waals surface area contributed by atoms with Crippen LogP contribution in [0.3, 0.4) is 0 Å². The van der Waals surface area contributed by atoms with E-state index in [1.54, 1.807) is 18.4 Å². The second kappa shape index (κ2) is 8.04. The summed E-state index contributed by atoms with van der Waals surface area (Å²) in [6.07, 6.45) is 0. The van der Waals surface area contributed by atoms with Crippen molar-refractivity contribution < 1.29 is 9.47 Å². The average molecular weight is 291 g/mol. The van der Waals surface area contributed by atoms with Gasteiger partial charge in [0.1, 0.15) is 0 Å². The molecule has 0 aliphatic rings. The molecule has 0 spiro atoms. The molecule has 0 saturated carbocycles. The van der Waals surface area contributed by atoms with Gasteiger partial charge in [-0.3, -0.25) is 0 Å². The Hall–Kier alpha value is -1.36. The molecule has 0 aliphatic heterocycles. The maximum atomic E-state index is 5.54. The van der Waals surface area contributed by atoms with Crippen molar-refractivity contribution >= 4 is 17.0 Å². The van der Waals surface area contributed by atoms with Crippen molar-refractivity contribution in [1.29, 1.82) is 0 Å². The maximum Gasteiger partial charge on any atom is 0.0718 e. The molecule has 0 fully saturated rings. The maximum absolute atomic E-state index is 5.54. The third-order valence-corrected chi connectivity index (χ3v) is 3.76. The van der Waals surface area contributed by atoms with Crippen LogP contribution < -0.4 is 5.32 Å². The van der Waals surface area contributed by atoms with Crippen molar-refractivity contribution in [2.75, 3.05) is 25.6 Å². The molecule has 1 N–H and O–H groups in total. The third-order valence-electron chi connectivity index (χ3n) is 3.05. The molecular weight excluding hydrogens is 270 g/mol. The Morgan fingerprint density at radius 3 is 2.90 bits per heavy atom. The van der Waals surface area contributed by atoms with E-state index in [4.69, 9.17) is 9.47 Å². The normalized spacial score (nSPS) is 12.3. The molecule has 4 heteroatoms. The minimum absolute atomic E-state index is 0.311. The monoisotopic (exact) mass is 291 g/mol. The van der Waals surface area contributed by atoms with Crippen molar-refractivity contribution in [2.45, 2.75) is 19.6 Å². The van der Waals surface area contributed by atoms with Gasteiger partial charge in [-0.15, -0.1) is 0 Å². The van der Waals surface area contributed by atoms with Gasteiger partial charge in [-0.1, -0.05) is 12.1 Å². The predicted molar refractivity (Wildman–Crippen MR) is 84.3 cm³/mol. The lowest BCUT2D eigenvalue weighted by Crippen LogP contribution is -2.06. The Kier molecular flexibility index (Phi) is 6.05. The molecule has 2 aromatic rings. The summed E-state index contributed by atoms with van der Waals surface area (Å²) >= 11 is 1.73. The van der Waals surface area contributed by atoms with Crippen LogP contribution >= 0.6 is 11.3 Å². The fourth-order valence-electron chi connectivity index (χ4n) is 1.94. The van der Waals surface area contributed by atoms with Gasteiger partial charge in [-0.25, -0.2) is 0 Å². The summed E-state index contributed by atoms with van der Waals surface area (Å²) < 4.78 is 10.5. The van der Waals surface area contributed by atoms with Crippen LogP contribution in [-0.4, -0.2) is 20.3 Å². The lowest BCUT2D eigenvalue weighted by Gasteiger charge is -2.15. The highest BCUT2D eigenvalue weighted by atomic mass is 32.1. The van der Waals surface area contributed by atoms with Crippen LogP contribution in [0, 0.1) is 0 Å². The molecule has 108 valence electrons. The number of rotatable bonds is 8. The SMILES string of the molecule is COCCOCc1cccc(NC(C)c2ccsc2)c1. The quantitative estimate of drug-likeness (QED) is 0.743. The van der Waals surface area contributed by atoms with Gasteiger partial charge in [-0.05, 0) is 47.0 Å². The number of ether oxygens (including phenoxy) is 2. The fraction of sp³-hybridized carbons (Fsp3) is 0.375. The van der Waals surface area contributed by atoms with E-state index in [9.17, 15) is 0 Å². The Balaban J connectivity index is 1.89. The van der Waals surface area contributed by atoms with Gasteiger partial charge in [0.25, 0.3) is 0 Å². The van der Waals surface area contributed by atoms with E-state index in [-0.39, 0.29) is 0 Å².